The van der Waals surface area contributed by atoms with Crippen LogP contribution in [-0.2, 0) is 19.1 Å². The van der Waals surface area contributed by atoms with Crippen molar-refractivity contribution in [1.82, 2.24) is 0 Å². The number of carbonyl (C=O) groups excluding carboxylic acids is 2. The molecule has 0 amide bonds. The minimum atomic E-state index is -0.693. The first-order valence-electron chi connectivity index (χ1n) is 9.07. The highest BCUT2D eigenvalue weighted by atomic mass is 79.9. The van der Waals surface area contributed by atoms with Crippen LogP contribution < -0.4 is 10.0 Å². The Morgan fingerprint density at radius 3 is 1.63 bits per heavy atom. The molecule has 0 aliphatic carbocycles. The van der Waals surface area contributed by atoms with E-state index in [4.69, 9.17) is 21.1 Å². The molecule has 0 radical (unpaired) electrons. The molecular formula is C20H18BrClN4O4. The van der Waals surface area contributed by atoms with Crippen LogP contribution in [0, 0.1) is 0 Å². The molecule has 0 saturated heterocycles. The zero-order valence-electron chi connectivity index (χ0n) is 16.2. The fourth-order valence-corrected chi connectivity index (χ4v) is 2.93. The van der Waals surface area contributed by atoms with E-state index in [9.17, 15) is 9.59 Å². The topological polar surface area (TPSA) is 83.8 Å². The molecule has 1 aliphatic rings. The van der Waals surface area contributed by atoms with Crippen molar-refractivity contribution in [1.29, 1.82) is 0 Å². The third-order valence-corrected chi connectivity index (χ3v) is 4.63. The minimum absolute atomic E-state index is 0.109. The van der Waals surface area contributed by atoms with Gasteiger partial charge in [0.15, 0.2) is 0 Å². The molecule has 1 heterocycles. The summed E-state index contributed by atoms with van der Waals surface area (Å²) in [6, 6.07) is 13.6. The lowest BCUT2D eigenvalue weighted by molar-refractivity contribution is -0.136. The third kappa shape index (κ3) is 4.80. The molecule has 2 aromatic carbocycles. The monoisotopic (exact) mass is 492 g/mol. The summed E-state index contributed by atoms with van der Waals surface area (Å²) in [5.74, 6) is -1.61. The first kappa shape index (κ1) is 21.8. The van der Waals surface area contributed by atoms with Crippen molar-refractivity contribution in [2.45, 2.75) is 13.8 Å². The Bertz CT molecular complexity index is 911. The van der Waals surface area contributed by atoms with Gasteiger partial charge in [-0.05, 0) is 62.4 Å². The molecule has 0 saturated carbocycles. The molecule has 0 N–H and O–H groups in total. The zero-order valence-corrected chi connectivity index (χ0v) is 18.6. The lowest BCUT2D eigenvalue weighted by atomic mass is 10.3. The third-order valence-electron chi connectivity index (χ3n) is 3.85. The van der Waals surface area contributed by atoms with Gasteiger partial charge in [0.25, 0.3) is 11.7 Å². The zero-order chi connectivity index (χ0) is 21.7. The summed E-state index contributed by atoms with van der Waals surface area (Å²) < 4.78 is 11.1. The van der Waals surface area contributed by atoms with E-state index in [-0.39, 0.29) is 24.9 Å². The molecule has 156 valence electrons. The molecule has 2 aromatic rings. The SMILES string of the molecule is CCOC(=O)C1=NN(c2ccc(Br)cc2)C(C(=O)OCC)=NN1c1ccc(Cl)cc1. The van der Waals surface area contributed by atoms with Crippen LogP contribution in [0.25, 0.3) is 0 Å². The van der Waals surface area contributed by atoms with Gasteiger partial charge in [0.05, 0.1) is 24.6 Å². The fourth-order valence-electron chi connectivity index (χ4n) is 2.54. The molecular weight excluding hydrogens is 476 g/mol. The summed E-state index contributed by atoms with van der Waals surface area (Å²) in [6.07, 6.45) is 0. The molecule has 8 nitrogen and oxygen atoms in total. The quantitative estimate of drug-likeness (QED) is 0.561. The number of benzene rings is 2. The average molecular weight is 494 g/mol. The second kappa shape index (κ2) is 9.73. The van der Waals surface area contributed by atoms with Crippen LogP contribution in [0.3, 0.4) is 0 Å². The second-order valence-electron chi connectivity index (χ2n) is 5.86. The van der Waals surface area contributed by atoms with Crippen LogP contribution in [0.15, 0.2) is 63.2 Å². The van der Waals surface area contributed by atoms with Crippen molar-refractivity contribution in [3.8, 4) is 0 Å². The minimum Gasteiger partial charge on any atom is -0.460 e. The molecule has 1 aliphatic heterocycles. The Morgan fingerprint density at radius 2 is 1.23 bits per heavy atom. The van der Waals surface area contributed by atoms with Gasteiger partial charge in [-0.3, -0.25) is 0 Å². The van der Waals surface area contributed by atoms with E-state index < -0.39 is 11.9 Å². The fraction of sp³-hybridized carbons (Fsp3) is 0.200. The highest BCUT2D eigenvalue weighted by molar-refractivity contribution is 9.10. The lowest BCUT2D eigenvalue weighted by Gasteiger charge is -2.30. The summed E-state index contributed by atoms with van der Waals surface area (Å²) in [7, 11) is 0. The van der Waals surface area contributed by atoms with Crippen LogP contribution in [0.1, 0.15) is 13.8 Å². The van der Waals surface area contributed by atoms with Crippen molar-refractivity contribution in [2.24, 2.45) is 10.2 Å². The van der Waals surface area contributed by atoms with Crippen LogP contribution in [0.2, 0.25) is 5.02 Å². The molecule has 0 unspecified atom stereocenters. The van der Waals surface area contributed by atoms with Crippen LogP contribution in [-0.4, -0.2) is 36.8 Å². The number of hydrogen-bond acceptors (Lipinski definition) is 8. The van der Waals surface area contributed by atoms with Crippen LogP contribution in [0.5, 0.6) is 0 Å². The van der Waals surface area contributed by atoms with E-state index >= 15 is 0 Å². The van der Waals surface area contributed by atoms with E-state index in [0.717, 1.165) is 4.47 Å². The molecule has 3 rings (SSSR count). The van der Waals surface area contributed by atoms with Crippen molar-refractivity contribution < 1.29 is 19.1 Å². The van der Waals surface area contributed by atoms with Crippen molar-refractivity contribution in [3.63, 3.8) is 0 Å². The molecule has 0 bridgehead atoms. The van der Waals surface area contributed by atoms with Gasteiger partial charge in [0.2, 0.25) is 0 Å². The Kier molecular flexibility index (Phi) is 7.07. The molecule has 30 heavy (non-hydrogen) atoms. The Labute approximate surface area is 186 Å². The van der Waals surface area contributed by atoms with E-state index in [1.165, 1.54) is 10.0 Å². The molecule has 0 atom stereocenters. The van der Waals surface area contributed by atoms with Gasteiger partial charge < -0.3 is 9.47 Å². The van der Waals surface area contributed by atoms with Gasteiger partial charge in [-0.2, -0.15) is 0 Å². The molecule has 10 heteroatoms. The first-order chi connectivity index (χ1) is 14.4. The largest absolute Gasteiger partial charge is 0.460 e. The smallest absolute Gasteiger partial charge is 0.378 e. The Morgan fingerprint density at radius 1 is 0.833 bits per heavy atom. The second-order valence-corrected chi connectivity index (χ2v) is 7.22. The number of hydrogen-bond donors (Lipinski definition) is 0. The van der Waals surface area contributed by atoms with E-state index in [1.807, 2.05) is 0 Å². The number of halogens is 2. The van der Waals surface area contributed by atoms with Gasteiger partial charge in [-0.25, -0.2) is 19.6 Å². The summed E-state index contributed by atoms with van der Waals surface area (Å²) in [4.78, 5) is 25.3. The lowest BCUT2D eigenvalue weighted by Crippen LogP contribution is -2.47. The maximum absolute atomic E-state index is 12.6. The van der Waals surface area contributed by atoms with Gasteiger partial charge in [0, 0.05) is 9.50 Å². The highest BCUT2D eigenvalue weighted by Crippen LogP contribution is 2.26. The molecule has 0 aromatic heterocycles. The van der Waals surface area contributed by atoms with Gasteiger partial charge in [-0.15, -0.1) is 10.2 Å². The van der Waals surface area contributed by atoms with Gasteiger partial charge >= 0.3 is 11.9 Å². The molecule has 0 spiro atoms. The first-order valence-corrected chi connectivity index (χ1v) is 10.2. The van der Waals surface area contributed by atoms with Crippen LogP contribution >= 0.6 is 27.5 Å². The average Bonchev–Trinajstić information content (AvgIpc) is 2.74. The van der Waals surface area contributed by atoms with E-state index in [0.29, 0.717) is 16.4 Å². The van der Waals surface area contributed by atoms with Gasteiger partial charge in [-0.1, -0.05) is 27.5 Å². The number of rotatable bonds is 6. The van der Waals surface area contributed by atoms with Crippen molar-refractivity contribution in [3.05, 3.63) is 58.0 Å². The van der Waals surface area contributed by atoms with Gasteiger partial charge in [0.1, 0.15) is 0 Å². The summed E-state index contributed by atoms with van der Waals surface area (Å²) in [6.45, 7) is 3.68. The van der Waals surface area contributed by atoms with Crippen molar-refractivity contribution >= 4 is 62.5 Å². The van der Waals surface area contributed by atoms with E-state index in [1.54, 1.807) is 62.4 Å². The number of carbonyl (C=O) groups is 2. The maximum Gasteiger partial charge on any atom is 0.378 e. The maximum atomic E-state index is 12.6. The summed E-state index contributed by atoms with van der Waals surface area (Å²) >= 11 is 9.34. The number of ether oxygens (including phenoxy) is 2. The number of amidine groups is 2. The number of esters is 2. The van der Waals surface area contributed by atoms with E-state index in [2.05, 4.69) is 26.1 Å². The summed E-state index contributed by atoms with van der Waals surface area (Å²) in [5, 5.41) is 11.8. The summed E-state index contributed by atoms with van der Waals surface area (Å²) in [5.41, 5.74) is 0.992. The predicted molar refractivity (Wildman–Crippen MR) is 119 cm³/mol. The standard InChI is InChI=1S/C20H18BrClN4O4/c1-3-29-19(27)17-24-26(16-11-7-14(22)8-12-16)18(20(28)30-4-2)23-25(17)15-9-5-13(21)6-10-15/h5-12H,3-4H2,1-2H3. The normalized spacial score (nSPS) is 13.5. The molecule has 0 fully saturated rings. The Balaban J connectivity index is 2.14. The van der Waals surface area contributed by atoms with Crippen molar-refractivity contribution in [2.75, 3.05) is 23.2 Å². The number of hydrazone groups is 2. The number of nitrogens with zero attached hydrogens (tertiary/aromatic N) is 4. The Hall–Kier alpha value is -2.91. The highest BCUT2D eigenvalue weighted by Gasteiger charge is 2.34. The number of anilines is 2. The predicted octanol–water partition coefficient (Wildman–Crippen LogP) is 4.18. The van der Waals surface area contributed by atoms with Crippen LogP contribution in [0.4, 0.5) is 11.4 Å².